The summed E-state index contributed by atoms with van der Waals surface area (Å²) in [5.74, 6) is 0.0719. The van der Waals surface area contributed by atoms with Crippen LogP contribution >= 0.6 is 0 Å². The van der Waals surface area contributed by atoms with Crippen LogP contribution in [0.2, 0.25) is 0 Å². The molecule has 1 atom stereocenters. The maximum atomic E-state index is 11.3. The number of benzene rings is 1. The van der Waals surface area contributed by atoms with Crippen molar-refractivity contribution in [1.82, 2.24) is 10.6 Å². The summed E-state index contributed by atoms with van der Waals surface area (Å²) in [6, 6.07) is 7.30. The lowest BCUT2D eigenvalue weighted by atomic mass is 10.1. The fourth-order valence-corrected chi connectivity index (χ4v) is 2.75. The molecule has 2 rings (SSSR count). The van der Waals surface area contributed by atoms with Crippen molar-refractivity contribution in [2.45, 2.75) is 51.2 Å². The van der Waals surface area contributed by atoms with E-state index in [1.807, 2.05) is 24.3 Å². The molecule has 1 aliphatic heterocycles. The van der Waals surface area contributed by atoms with Crippen LogP contribution in [0, 0.1) is 0 Å². The highest BCUT2D eigenvalue weighted by Crippen LogP contribution is 2.18. The minimum atomic E-state index is -0.795. The van der Waals surface area contributed by atoms with Crippen LogP contribution in [-0.4, -0.2) is 42.9 Å². The Bertz CT molecular complexity index is 470. The highest BCUT2D eigenvalue weighted by atomic mass is 16.5. The van der Waals surface area contributed by atoms with Crippen molar-refractivity contribution >= 4 is 5.97 Å². The number of carboxylic acids is 1. The van der Waals surface area contributed by atoms with Crippen LogP contribution in [0.1, 0.15) is 38.2 Å². The molecule has 1 saturated heterocycles. The molecule has 3 N–H and O–H groups in total. The molecule has 1 fully saturated rings. The summed E-state index contributed by atoms with van der Waals surface area (Å²) in [7, 11) is 0. The minimum absolute atomic E-state index is 0.282. The van der Waals surface area contributed by atoms with Gasteiger partial charge in [0.25, 0.3) is 0 Å². The monoisotopic (exact) mass is 320 g/mol. The van der Waals surface area contributed by atoms with E-state index in [4.69, 9.17) is 4.74 Å². The number of aliphatic carboxylic acids is 1. The standard InChI is InChI=1S/C18H28N2O3/c1-2-3-10-20-17(18(21)22)13-14-4-6-15(7-5-14)23-16-8-11-19-12-9-16/h4-7,16-17,19-20H,2-3,8-13H2,1H3,(H,21,22). The average molecular weight is 320 g/mol. The molecule has 1 unspecified atom stereocenters. The molecular formula is C18H28N2O3. The Labute approximate surface area is 138 Å². The van der Waals surface area contributed by atoms with E-state index in [-0.39, 0.29) is 6.10 Å². The lowest BCUT2D eigenvalue weighted by molar-refractivity contribution is -0.139. The first kappa shape index (κ1) is 17.8. The van der Waals surface area contributed by atoms with Gasteiger partial charge in [0.05, 0.1) is 0 Å². The summed E-state index contributed by atoms with van der Waals surface area (Å²) in [6.45, 7) is 4.85. The van der Waals surface area contributed by atoms with Crippen LogP contribution in [0.5, 0.6) is 5.75 Å². The SMILES string of the molecule is CCCCNC(Cc1ccc(OC2CCNCC2)cc1)C(=O)O. The smallest absolute Gasteiger partial charge is 0.321 e. The predicted molar refractivity (Wildman–Crippen MR) is 91.0 cm³/mol. The molecule has 0 saturated carbocycles. The van der Waals surface area contributed by atoms with Crippen molar-refractivity contribution in [2.24, 2.45) is 0 Å². The zero-order valence-corrected chi connectivity index (χ0v) is 13.9. The third kappa shape index (κ3) is 6.20. The topological polar surface area (TPSA) is 70.6 Å². The molecule has 0 spiro atoms. The predicted octanol–water partition coefficient (Wildman–Crippen LogP) is 2.20. The summed E-state index contributed by atoms with van der Waals surface area (Å²) in [5.41, 5.74) is 1.01. The van der Waals surface area contributed by atoms with Crippen molar-refractivity contribution in [1.29, 1.82) is 0 Å². The van der Waals surface area contributed by atoms with Crippen molar-refractivity contribution in [3.63, 3.8) is 0 Å². The summed E-state index contributed by atoms with van der Waals surface area (Å²) < 4.78 is 5.97. The number of carboxylic acid groups (broad SMARTS) is 1. The molecule has 5 nitrogen and oxygen atoms in total. The van der Waals surface area contributed by atoms with E-state index in [0.717, 1.165) is 56.6 Å². The summed E-state index contributed by atoms with van der Waals surface area (Å²) in [6.07, 6.45) is 4.89. The Morgan fingerprint density at radius 1 is 1.35 bits per heavy atom. The molecule has 1 aliphatic rings. The van der Waals surface area contributed by atoms with Gasteiger partial charge >= 0.3 is 5.97 Å². The molecule has 1 aromatic rings. The molecule has 5 heteroatoms. The average Bonchev–Trinajstić information content (AvgIpc) is 2.56. The lowest BCUT2D eigenvalue weighted by Crippen LogP contribution is -2.39. The Hall–Kier alpha value is -1.59. The van der Waals surface area contributed by atoms with E-state index in [9.17, 15) is 9.90 Å². The van der Waals surface area contributed by atoms with Gasteiger partial charge in [-0.05, 0) is 63.0 Å². The van der Waals surface area contributed by atoms with Gasteiger partial charge in [-0.3, -0.25) is 4.79 Å². The molecule has 0 aliphatic carbocycles. The maximum Gasteiger partial charge on any atom is 0.321 e. The normalized spacial score (nSPS) is 16.9. The molecular weight excluding hydrogens is 292 g/mol. The molecule has 1 aromatic carbocycles. The van der Waals surface area contributed by atoms with E-state index >= 15 is 0 Å². The third-order valence-electron chi connectivity index (χ3n) is 4.17. The summed E-state index contributed by atoms with van der Waals surface area (Å²) in [5, 5.41) is 15.7. The Balaban J connectivity index is 1.85. The molecule has 0 bridgehead atoms. The molecule has 0 aromatic heterocycles. The van der Waals surface area contributed by atoms with E-state index < -0.39 is 12.0 Å². The maximum absolute atomic E-state index is 11.3. The van der Waals surface area contributed by atoms with Crippen LogP contribution in [0.3, 0.4) is 0 Å². The quantitative estimate of drug-likeness (QED) is 0.609. The number of ether oxygens (including phenoxy) is 1. The zero-order chi connectivity index (χ0) is 16.5. The molecule has 0 radical (unpaired) electrons. The number of piperidine rings is 1. The van der Waals surface area contributed by atoms with Gasteiger partial charge in [0, 0.05) is 0 Å². The molecule has 23 heavy (non-hydrogen) atoms. The number of hydrogen-bond acceptors (Lipinski definition) is 4. The number of unbranched alkanes of at least 4 members (excludes halogenated alkanes) is 1. The van der Waals surface area contributed by atoms with Gasteiger partial charge in [0.1, 0.15) is 17.9 Å². The van der Waals surface area contributed by atoms with Gasteiger partial charge in [0.2, 0.25) is 0 Å². The number of nitrogens with one attached hydrogen (secondary N) is 2. The number of carbonyl (C=O) groups is 1. The lowest BCUT2D eigenvalue weighted by Gasteiger charge is -2.24. The van der Waals surface area contributed by atoms with E-state index in [1.165, 1.54) is 0 Å². The van der Waals surface area contributed by atoms with Crippen LogP contribution in [0.4, 0.5) is 0 Å². The zero-order valence-electron chi connectivity index (χ0n) is 13.9. The van der Waals surface area contributed by atoms with E-state index in [0.29, 0.717) is 6.42 Å². The Kier molecular flexibility index (Phi) is 7.36. The van der Waals surface area contributed by atoms with Crippen molar-refractivity contribution < 1.29 is 14.6 Å². The van der Waals surface area contributed by atoms with Gasteiger partial charge in [0.15, 0.2) is 0 Å². The fraction of sp³-hybridized carbons (Fsp3) is 0.611. The molecule has 0 amide bonds. The summed E-state index contributed by atoms with van der Waals surface area (Å²) >= 11 is 0. The minimum Gasteiger partial charge on any atom is -0.490 e. The first-order valence-corrected chi connectivity index (χ1v) is 8.61. The van der Waals surface area contributed by atoms with Crippen molar-refractivity contribution in [3.8, 4) is 5.75 Å². The summed E-state index contributed by atoms with van der Waals surface area (Å²) in [4.78, 5) is 11.3. The fourth-order valence-electron chi connectivity index (χ4n) is 2.75. The second-order valence-electron chi connectivity index (χ2n) is 6.11. The van der Waals surface area contributed by atoms with Crippen LogP contribution in [0.25, 0.3) is 0 Å². The van der Waals surface area contributed by atoms with Crippen LogP contribution in [0.15, 0.2) is 24.3 Å². The van der Waals surface area contributed by atoms with Crippen LogP contribution in [-0.2, 0) is 11.2 Å². The van der Waals surface area contributed by atoms with E-state index in [1.54, 1.807) is 0 Å². The highest BCUT2D eigenvalue weighted by molar-refractivity contribution is 5.73. The molecule has 128 valence electrons. The van der Waals surface area contributed by atoms with E-state index in [2.05, 4.69) is 17.6 Å². The second-order valence-corrected chi connectivity index (χ2v) is 6.11. The van der Waals surface area contributed by atoms with Crippen molar-refractivity contribution in [3.05, 3.63) is 29.8 Å². The second kappa shape index (κ2) is 9.53. The Morgan fingerprint density at radius 2 is 2.04 bits per heavy atom. The van der Waals surface area contributed by atoms with Gasteiger partial charge < -0.3 is 20.5 Å². The van der Waals surface area contributed by atoms with Gasteiger partial charge in [-0.25, -0.2) is 0 Å². The Morgan fingerprint density at radius 3 is 2.65 bits per heavy atom. The highest BCUT2D eigenvalue weighted by Gasteiger charge is 2.17. The largest absolute Gasteiger partial charge is 0.490 e. The van der Waals surface area contributed by atoms with Gasteiger partial charge in [-0.1, -0.05) is 25.5 Å². The number of rotatable bonds is 9. The first-order valence-electron chi connectivity index (χ1n) is 8.61. The van der Waals surface area contributed by atoms with Gasteiger partial charge in [-0.2, -0.15) is 0 Å². The van der Waals surface area contributed by atoms with Crippen molar-refractivity contribution in [2.75, 3.05) is 19.6 Å². The first-order chi connectivity index (χ1) is 11.2. The van der Waals surface area contributed by atoms with Gasteiger partial charge in [-0.15, -0.1) is 0 Å². The third-order valence-corrected chi connectivity index (χ3v) is 4.17. The molecule has 1 heterocycles. The van der Waals surface area contributed by atoms with Crippen LogP contribution < -0.4 is 15.4 Å². The number of hydrogen-bond donors (Lipinski definition) is 3.